The van der Waals surface area contributed by atoms with Crippen molar-refractivity contribution in [1.82, 2.24) is 0 Å². The van der Waals surface area contributed by atoms with Gasteiger partial charge in [-0.3, -0.25) is 0 Å². The summed E-state index contributed by atoms with van der Waals surface area (Å²) in [5.41, 5.74) is 9.21. The first-order valence-electron chi connectivity index (χ1n) is 5.03. The fraction of sp³-hybridized carbons (Fsp3) is 0.500. The predicted molar refractivity (Wildman–Crippen MR) is 63.0 cm³/mol. The fourth-order valence-electron chi connectivity index (χ4n) is 1.75. The Balaban J connectivity index is 3.07. The lowest BCUT2D eigenvalue weighted by atomic mass is 9.94. The van der Waals surface area contributed by atoms with Gasteiger partial charge in [0, 0.05) is 5.02 Å². The highest BCUT2D eigenvalue weighted by atomic mass is 35.5. The van der Waals surface area contributed by atoms with E-state index in [4.69, 9.17) is 17.3 Å². The van der Waals surface area contributed by atoms with E-state index < -0.39 is 0 Å². The summed E-state index contributed by atoms with van der Waals surface area (Å²) >= 11 is 6.25. The molecule has 14 heavy (non-hydrogen) atoms. The first-order valence-corrected chi connectivity index (χ1v) is 5.40. The molecule has 0 heterocycles. The van der Waals surface area contributed by atoms with Crippen molar-refractivity contribution in [2.75, 3.05) is 6.54 Å². The monoisotopic (exact) mass is 211 g/mol. The maximum Gasteiger partial charge on any atom is 0.0470 e. The van der Waals surface area contributed by atoms with E-state index in [1.165, 1.54) is 11.1 Å². The molecule has 78 valence electrons. The van der Waals surface area contributed by atoms with Crippen LogP contribution in [0.3, 0.4) is 0 Å². The molecule has 1 unspecified atom stereocenters. The quantitative estimate of drug-likeness (QED) is 0.815. The molecule has 1 aromatic carbocycles. The molecule has 1 nitrogen and oxygen atoms in total. The van der Waals surface area contributed by atoms with Crippen molar-refractivity contribution in [3.05, 3.63) is 33.8 Å². The molecule has 1 rings (SSSR count). The molecule has 0 aliphatic heterocycles. The second kappa shape index (κ2) is 4.81. The molecule has 0 aliphatic rings. The average molecular weight is 212 g/mol. The predicted octanol–water partition coefficient (Wildman–Crippen LogP) is 3.41. The summed E-state index contributed by atoms with van der Waals surface area (Å²) in [6, 6.07) is 4.27. The van der Waals surface area contributed by atoms with E-state index in [0.717, 1.165) is 17.0 Å². The summed E-state index contributed by atoms with van der Waals surface area (Å²) < 4.78 is 0. The Morgan fingerprint density at radius 1 is 1.36 bits per heavy atom. The normalized spacial score (nSPS) is 12.9. The summed E-state index contributed by atoms with van der Waals surface area (Å²) in [5, 5.41) is 0.900. The molecule has 0 saturated carbocycles. The Morgan fingerprint density at radius 3 is 2.57 bits per heavy atom. The van der Waals surface area contributed by atoms with Gasteiger partial charge in [0.25, 0.3) is 0 Å². The van der Waals surface area contributed by atoms with Gasteiger partial charge >= 0.3 is 0 Å². The molecule has 0 saturated heterocycles. The Bertz CT molecular complexity index is 320. The van der Waals surface area contributed by atoms with Crippen LogP contribution in [-0.4, -0.2) is 6.54 Å². The summed E-state index contributed by atoms with van der Waals surface area (Å²) in [4.78, 5) is 0. The number of rotatable bonds is 3. The van der Waals surface area contributed by atoms with E-state index in [0.29, 0.717) is 12.5 Å². The molecule has 0 radical (unpaired) electrons. The lowest BCUT2D eigenvalue weighted by Gasteiger charge is -2.15. The van der Waals surface area contributed by atoms with Crippen molar-refractivity contribution in [1.29, 1.82) is 0 Å². The van der Waals surface area contributed by atoms with Gasteiger partial charge in [-0.1, -0.05) is 36.2 Å². The first kappa shape index (κ1) is 11.5. The molecule has 1 atom stereocenters. The summed E-state index contributed by atoms with van der Waals surface area (Å²) in [5.74, 6) is 0.450. The zero-order valence-corrected chi connectivity index (χ0v) is 9.86. The van der Waals surface area contributed by atoms with Crippen LogP contribution in [0.1, 0.15) is 36.0 Å². The van der Waals surface area contributed by atoms with Crippen LogP contribution in [0.2, 0.25) is 5.02 Å². The van der Waals surface area contributed by atoms with Crippen LogP contribution < -0.4 is 5.73 Å². The van der Waals surface area contributed by atoms with Gasteiger partial charge in [0.15, 0.2) is 0 Å². The summed E-state index contributed by atoms with van der Waals surface area (Å²) in [6.45, 7) is 7.04. The minimum atomic E-state index is 0.450. The van der Waals surface area contributed by atoms with Gasteiger partial charge in [-0.2, -0.15) is 0 Å². The first-order chi connectivity index (χ1) is 6.56. The number of hydrogen-bond acceptors (Lipinski definition) is 1. The molecular weight excluding hydrogens is 194 g/mol. The minimum Gasteiger partial charge on any atom is -0.330 e. The van der Waals surface area contributed by atoms with Crippen molar-refractivity contribution in [2.24, 2.45) is 5.73 Å². The van der Waals surface area contributed by atoms with Crippen LogP contribution in [0.5, 0.6) is 0 Å². The fourth-order valence-corrected chi connectivity index (χ4v) is 2.04. The van der Waals surface area contributed by atoms with E-state index in [2.05, 4.69) is 26.0 Å². The third-order valence-corrected chi connectivity index (χ3v) is 3.07. The van der Waals surface area contributed by atoms with E-state index in [1.807, 2.05) is 6.92 Å². The molecule has 2 heteroatoms. The molecule has 1 aromatic rings. The largest absolute Gasteiger partial charge is 0.330 e. The third kappa shape index (κ3) is 2.49. The van der Waals surface area contributed by atoms with Crippen molar-refractivity contribution in [3.63, 3.8) is 0 Å². The van der Waals surface area contributed by atoms with E-state index >= 15 is 0 Å². The van der Waals surface area contributed by atoms with Crippen LogP contribution in [-0.2, 0) is 0 Å². The van der Waals surface area contributed by atoms with Gasteiger partial charge in [-0.25, -0.2) is 0 Å². The van der Waals surface area contributed by atoms with E-state index in [1.54, 1.807) is 0 Å². The lowest BCUT2D eigenvalue weighted by molar-refractivity contribution is 0.689. The molecule has 0 fully saturated rings. The second-order valence-corrected chi connectivity index (χ2v) is 4.34. The molecule has 2 N–H and O–H groups in total. The Kier molecular flexibility index (Phi) is 3.97. The van der Waals surface area contributed by atoms with Crippen LogP contribution in [0.25, 0.3) is 0 Å². The standard InChI is InChI=1S/C12H18ClN/c1-8-6-10(3)12(13)11(7-8)9(2)4-5-14/h6-7,9H,4-5,14H2,1-3H3. The summed E-state index contributed by atoms with van der Waals surface area (Å²) in [6.07, 6.45) is 0.989. The lowest BCUT2D eigenvalue weighted by Crippen LogP contribution is -2.05. The number of hydrogen-bond donors (Lipinski definition) is 1. The van der Waals surface area contributed by atoms with Crippen molar-refractivity contribution in [2.45, 2.75) is 33.1 Å². The van der Waals surface area contributed by atoms with Gasteiger partial charge in [0.05, 0.1) is 0 Å². The maximum absolute atomic E-state index is 6.25. The highest BCUT2D eigenvalue weighted by molar-refractivity contribution is 6.32. The van der Waals surface area contributed by atoms with Crippen LogP contribution in [0.4, 0.5) is 0 Å². The second-order valence-electron chi connectivity index (χ2n) is 3.96. The zero-order valence-electron chi connectivity index (χ0n) is 9.10. The maximum atomic E-state index is 6.25. The topological polar surface area (TPSA) is 26.0 Å². The molecule has 0 bridgehead atoms. The number of halogens is 1. The van der Waals surface area contributed by atoms with Crippen LogP contribution in [0, 0.1) is 13.8 Å². The van der Waals surface area contributed by atoms with Crippen molar-refractivity contribution in [3.8, 4) is 0 Å². The highest BCUT2D eigenvalue weighted by Gasteiger charge is 2.11. The number of nitrogens with two attached hydrogens (primary N) is 1. The molecule has 0 spiro atoms. The number of aryl methyl sites for hydroxylation is 2. The van der Waals surface area contributed by atoms with Crippen molar-refractivity contribution < 1.29 is 0 Å². The van der Waals surface area contributed by atoms with Crippen LogP contribution >= 0.6 is 11.6 Å². The molecule has 0 aromatic heterocycles. The minimum absolute atomic E-state index is 0.450. The van der Waals surface area contributed by atoms with Crippen molar-refractivity contribution >= 4 is 11.6 Å². The Morgan fingerprint density at radius 2 is 2.00 bits per heavy atom. The van der Waals surface area contributed by atoms with Gasteiger partial charge in [0.1, 0.15) is 0 Å². The summed E-state index contributed by atoms with van der Waals surface area (Å²) in [7, 11) is 0. The molecule has 0 amide bonds. The zero-order chi connectivity index (χ0) is 10.7. The van der Waals surface area contributed by atoms with Gasteiger partial charge in [0.2, 0.25) is 0 Å². The van der Waals surface area contributed by atoms with Gasteiger partial charge in [-0.05, 0) is 43.9 Å². The number of benzene rings is 1. The molecular formula is C12H18ClN. The smallest absolute Gasteiger partial charge is 0.0470 e. The van der Waals surface area contributed by atoms with E-state index in [-0.39, 0.29) is 0 Å². The van der Waals surface area contributed by atoms with Crippen LogP contribution in [0.15, 0.2) is 12.1 Å². The third-order valence-electron chi connectivity index (χ3n) is 2.56. The molecule has 0 aliphatic carbocycles. The van der Waals surface area contributed by atoms with Gasteiger partial charge in [-0.15, -0.1) is 0 Å². The highest BCUT2D eigenvalue weighted by Crippen LogP contribution is 2.30. The van der Waals surface area contributed by atoms with Gasteiger partial charge < -0.3 is 5.73 Å². The average Bonchev–Trinajstić information content (AvgIpc) is 2.11. The van der Waals surface area contributed by atoms with E-state index in [9.17, 15) is 0 Å². The Hall–Kier alpha value is -0.530. The SMILES string of the molecule is Cc1cc(C)c(Cl)c(C(C)CCN)c1. The Labute approximate surface area is 91.3 Å².